The molecule has 2 rings (SSSR count). The molecule has 0 radical (unpaired) electrons. The van der Waals surface area contributed by atoms with Crippen LogP contribution in [0.5, 0.6) is 11.5 Å². The van der Waals surface area contributed by atoms with Gasteiger partial charge in [0, 0.05) is 17.3 Å². The van der Waals surface area contributed by atoms with E-state index in [0.29, 0.717) is 17.1 Å². The molecule has 1 aromatic heterocycles. The van der Waals surface area contributed by atoms with Crippen molar-refractivity contribution in [1.29, 1.82) is 0 Å². The molecular weight excluding hydrogens is 254 g/mol. The molecule has 1 heterocycles. The molecule has 1 aromatic carbocycles. The molecule has 0 atom stereocenters. The van der Waals surface area contributed by atoms with Gasteiger partial charge in [-0.15, -0.1) is 0 Å². The van der Waals surface area contributed by atoms with Crippen LogP contribution in [0.3, 0.4) is 0 Å². The molecular formula is C16H15NO3. The SMILES string of the molecule is Cc1ccc(Oc2ccc(C)nc2)c(/C=C/C(=O)O)c1. The molecule has 0 spiro atoms. The van der Waals surface area contributed by atoms with Crippen LogP contribution < -0.4 is 4.74 Å². The molecule has 102 valence electrons. The molecule has 0 saturated heterocycles. The highest BCUT2D eigenvalue weighted by atomic mass is 16.5. The van der Waals surface area contributed by atoms with Gasteiger partial charge in [-0.2, -0.15) is 0 Å². The van der Waals surface area contributed by atoms with Crippen LogP contribution in [0.1, 0.15) is 16.8 Å². The fourth-order valence-corrected chi connectivity index (χ4v) is 1.69. The van der Waals surface area contributed by atoms with Crippen LogP contribution in [0, 0.1) is 13.8 Å². The van der Waals surface area contributed by atoms with Gasteiger partial charge in [0.1, 0.15) is 11.5 Å². The Bertz CT molecular complexity index is 645. The number of benzene rings is 1. The summed E-state index contributed by atoms with van der Waals surface area (Å²) in [6.07, 6.45) is 4.25. The van der Waals surface area contributed by atoms with Crippen molar-refractivity contribution in [3.05, 3.63) is 59.4 Å². The van der Waals surface area contributed by atoms with Crippen LogP contribution in [-0.2, 0) is 4.79 Å². The molecule has 0 unspecified atom stereocenters. The van der Waals surface area contributed by atoms with Crippen molar-refractivity contribution >= 4 is 12.0 Å². The zero-order valence-corrected chi connectivity index (χ0v) is 11.3. The van der Waals surface area contributed by atoms with Crippen molar-refractivity contribution < 1.29 is 14.6 Å². The first-order valence-corrected chi connectivity index (χ1v) is 6.17. The van der Waals surface area contributed by atoms with Gasteiger partial charge in [-0.1, -0.05) is 11.6 Å². The van der Waals surface area contributed by atoms with Gasteiger partial charge >= 0.3 is 5.97 Å². The number of aromatic nitrogens is 1. The molecule has 0 amide bonds. The number of nitrogens with zero attached hydrogens (tertiary/aromatic N) is 1. The van der Waals surface area contributed by atoms with Crippen LogP contribution in [-0.4, -0.2) is 16.1 Å². The van der Waals surface area contributed by atoms with E-state index in [1.54, 1.807) is 6.20 Å². The second kappa shape index (κ2) is 6.02. The Morgan fingerprint density at radius 3 is 2.70 bits per heavy atom. The summed E-state index contributed by atoms with van der Waals surface area (Å²) in [4.78, 5) is 14.8. The monoisotopic (exact) mass is 269 g/mol. The van der Waals surface area contributed by atoms with Gasteiger partial charge in [0.05, 0.1) is 6.20 Å². The van der Waals surface area contributed by atoms with Crippen molar-refractivity contribution in [3.63, 3.8) is 0 Å². The van der Waals surface area contributed by atoms with Crippen LogP contribution in [0.15, 0.2) is 42.6 Å². The second-order valence-electron chi connectivity index (χ2n) is 4.45. The Morgan fingerprint density at radius 2 is 2.05 bits per heavy atom. The molecule has 0 aliphatic carbocycles. The quantitative estimate of drug-likeness (QED) is 0.862. The summed E-state index contributed by atoms with van der Waals surface area (Å²) >= 11 is 0. The molecule has 20 heavy (non-hydrogen) atoms. The third-order valence-electron chi connectivity index (χ3n) is 2.68. The number of hydrogen-bond donors (Lipinski definition) is 1. The van der Waals surface area contributed by atoms with E-state index in [1.807, 2.05) is 44.2 Å². The zero-order valence-electron chi connectivity index (χ0n) is 11.3. The number of ether oxygens (including phenoxy) is 1. The number of pyridine rings is 1. The van der Waals surface area contributed by atoms with E-state index in [-0.39, 0.29) is 0 Å². The molecule has 4 nitrogen and oxygen atoms in total. The Hall–Kier alpha value is -2.62. The lowest BCUT2D eigenvalue weighted by atomic mass is 10.1. The molecule has 4 heteroatoms. The van der Waals surface area contributed by atoms with Gasteiger partial charge in [-0.05, 0) is 44.2 Å². The van der Waals surface area contributed by atoms with E-state index in [2.05, 4.69) is 4.98 Å². The minimum atomic E-state index is -0.991. The Balaban J connectivity index is 2.30. The number of carboxylic acid groups (broad SMARTS) is 1. The highest BCUT2D eigenvalue weighted by molar-refractivity contribution is 5.86. The van der Waals surface area contributed by atoms with E-state index >= 15 is 0 Å². The predicted molar refractivity (Wildman–Crippen MR) is 76.9 cm³/mol. The van der Waals surface area contributed by atoms with Crippen LogP contribution in [0.4, 0.5) is 0 Å². The number of carboxylic acids is 1. The average molecular weight is 269 g/mol. The molecule has 0 aliphatic heterocycles. The van der Waals surface area contributed by atoms with Gasteiger partial charge in [0.25, 0.3) is 0 Å². The van der Waals surface area contributed by atoms with Crippen LogP contribution >= 0.6 is 0 Å². The van der Waals surface area contributed by atoms with Gasteiger partial charge in [0.2, 0.25) is 0 Å². The summed E-state index contributed by atoms with van der Waals surface area (Å²) in [6, 6.07) is 9.28. The Morgan fingerprint density at radius 1 is 1.25 bits per heavy atom. The molecule has 0 saturated carbocycles. The van der Waals surface area contributed by atoms with Crippen LogP contribution in [0.25, 0.3) is 6.08 Å². The first-order chi connectivity index (χ1) is 9.54. The van der Waals surface area contributed by atoms with Crippen molar-refractivity contribution in [2.45, 2.75) is 13.8 Å². The van der Waals surface area contributed by atoms with Gasteiger partial charge in [-0.25, -0.2) is 4.79 Å². The predicted octanol–water partition coefficient (Wildman–Crippen LogP) is 3.59. The van der Waals surface area contributed by atoms with E-state index in [4.69, 9.17) is 9.84 Å². The van der Waals surface area contributed by atoms with Gasteiger partial charge in [0.15, 0.2) is 0 Å². The first kappa shape index (κ1) is 13.8. The lowest BCUT2D eigenvalue weighted by Crippen LogP contribution is -1.91. The number of carbonyl (C=O) groups is 1. The van der Waals surface area contributed by atoms with E-state index in [1.165, 1.54) is 6.08 Å². The molecule has 0 aliphatic rings. The van der Waals surface area contributed by atoms with Gasteiger partial charge < -0.3 is 9.84 Å². The third kappa shape index (κ3) is 3.68. The maximum absolute atomic E-state index is 10.6. The van der Waals surface area contributed by atoms with E-state index < -0.39 is 5.97 Å². The van der Waals surface area contributed by atoms with Crippen molar-refractivity contribution in [2.75, 3.05) is 0 Å². The highest BCUT2D eigenvalue weighted by Gasteiger charge is 2.04. The fourth-order valence-electron chi connectivity index (χ4n) is 1.69. The molecule has 0 bridgehead atoms. The minimum Gasteiger partial charge on any atom is -0.478 e. The lowest BCUT2D eigenvalue weighted by molar-refractivity contribution is -0.131. The lowest BCUT2D eigenvalue weighted by Gasteiger charge is -2.09. The Kier molecular flexibility index (Phi) is 4.15. The van der Waals surface area contributed by atoms with Crippen molar-refractivity contribution in [1.82, 2.24) is 4.98 Å². The van der Waals surface area contributed by atoms with E-state index in [9.17, 15) is 4.79 Å². The fraction of sp³-hybridized carbons (Fsp3) is 0.125. The topological polar surface area (TPSA) is 59.4 Å². The highest BCUT2D eigenvalue weighted by Crippen LogP contribution is 2.27. The maximum Gasteiger partial charge on any atom is 0.328 e. The Labute approximate surface area is 117 Å². The summed E-state index contributed by atoms with van der Waals surface area (Å²) in [5.74, 6) is 0.220. The average Bonchev–Trinajstić information content (AvgIpc) is 2.41. The normalized spacial score (nSPS) is 10.7. The van der Waals surface area contributed by atoms with Crippen LogP contribution in [0.2, 0.25) is 0 Å². The van der Waals surface area contributed by atoms with E-state index in [0.717, 1.165) is 17.3 Å². The maximum atomic E-state index is 10.6. The number of hydrogen-bond acceptors (Lipinski definition) is 3. The van der Waals surface area contributed by atoms with Crippen molar-refractivity contribution in [2.24, 2.45) is 0 Å². The number of rotatable bonds is 4. The van der Waals surface area contributed by atoms with Crippen molar-refractivity contribution in [3.8, 4) is 11.5 Å². The molecule has 0 fully saturated rings. The summed E-state index contributed by atoms with van der Waals surface area (Å²) in [5.41, 5.74) is 2.66. The largest absolute Gasteiger partial charge is 0.478 e. The minimum absolute atomic E-state index is 0.596. The second-order valence-corrected chi connectivity index (χ2v) is 4.45. The number of aryl methyl sites for hydroxylation is 2. The summed E-state index contributed by atoms with van der Waals surface area (Å²) in [6.45, 7) is 3.84. The summed E-state index contributed by atoms with van der Waals surface area (Å²) < 4.78 is 5.75. The first-order valence-electron chi connectivity index (χ1n) is 6.17. The summed E-state index contributed by atoms with van der Waals surface area (Å²) in [5, 5.41) is 8.72. The standard InChI is InChI=1S/C16H15NO3/c1-11-3-7-15(13(9-11)5-8-16(18)19)20-14-6-4-12(2)17-10-14/h3-10H,1-2H3,(H,18,19)/b8-5+. The van der Waals surface area contributed by atoms with Gasteiger partial charge in [-0.3, -0.25) is 4.98 Å². The third-order valence-corrected chi connectivity index (χ3v) is 2.68. The number of aliphatic carboxylic acids is 1. The summed E-state index contributed by atoms with van der Waals surface area (Å²) in [7, 11) is 0. The molecule has 1 N–H and O–H groups in total. The zero-order chi connectivity index (χ0) is 14.5. The molecule has 2 aromatic rings. The smallest absolute Gasteiger partial charge is 0.328 e.